The molecule has 0 saturated heterocycles. The third-order valence-corrected chi connectivity index (χ3v) is 2.92. The van der Waals surface area contributed by atoms with Gasteiger partial charge in [-0.15, -0.1) is 0 Å². The predicted octanol–water partition coefficient (Wildman–Crippen LogP) is 2.23. The molecule has 21 heavy (non-hydrogen) atoms. The summed E-state index contributed by atoms with van der Waals surface area (Å²) in [5, 5.41) is 3.33. The van der Waals surface area contributed by atoms with Gasteiger partial charge in [-0.1, -0.05) is 26.8 Å². The highest BCUT2D eigenvalue weighted by Crippen LogP contribution is 2.26. The molecule has 0 fully saturated rings. The summed E-state index contributed by atoms with van der Waals surface area (Å²) in [4.78, 5) is 11.2. The first-order chi connectivity index (χ1) is 9.93. The number of amides is 1. The van der Waals surface area contributed by atoms with Crippen molar-refractivity contribution < 1.29 is 14.3 Å². The number of hydrogen-bond donors (Lipinski definition) is 2. The fourth-order valence-corrected chi connectivity index (χ4v) is 1.66. The van der Waals surface area contributed by atoms with Crippen LogP contribution >= 0.6 is 0 Å². The molecule has 0 aliphatic heterocycles. The first-order valence-electron chi connectivity index (χ1n) is 7.39. The van der Waals surface area contributed by atoms with E-state index in [4.69, 9.17) is 15.2 Å². The van der Waals surface area contributed by atoms with E-state index in [0.29, 0.717) is 24.9 Å². The highest BCUT2D eigenvalue weighted by molar-refractivity contribution is 5.78. The Bertz CT molecular complexity index is 461. The monoisotopic (exact) mass is 294 g/mol. The quantitative estimate of drug-likeness (QED) is 0.732. The Balaban J connectivity index is 2.91. The van der Waals surface area contributed by atoms with Crippen LogP contribution in [0.1, 0.15) is 39.7 Å². The molecule has 0 bridgehead atoms. The molecule has 118 valence electrons. The molecule has 1 aromatic carbocycles. The number of nitrogens with two attached hydrogens (primary N) is 1. The number of carbonyl (C=O) groups excluding carboxylic acids is 1. The minimum absolute atomic E-state index is 0.363. The molecule has 0 aliphatic carbocycles. The highest BCUT2D eigenvalue weighted by atomic mass is 16.5. The minimum atomic E-state index is -0.677. The Kier molecular flexibility index (Phi) is 7.02. The first-order valence-corrected chi connectivity index (χ1v) is 7.39. The first kappa shape index (κ1) is 17.3. The van der Waals surface area contributed by atoms with Gasteiger partial charge in [0.05, 0.1) is 6.61 Å². The van der Waals surface area contributed by atoms with Crippen molar-refractivity contribution in [2.45, 2.75) is 52.8 Å². The Morgan fingerprint density at radius 3 is 2.62 bits per heavy atom. The maximum Gasteiger partial charge on any atom is 0.258 e. The van der Waals surface area contributed by atoms with Crippen molar-refractivity contribution in [3.8, 4) is 11.5 Å². The van der Waals surface area contributed by atoms with Crippen LogP contribution in [-0.2, 0) is 11.3 Å². The van der Waals surface area contributed by atoms with Gasteiger partial charge in [-0.25, -0.2) is 0 Å². The Hall–Kier alpha value is -1.75. The van der Waals surface area contributed by atoms with Crippen molar-refractivity contribution in [3.63, 3.8) is 0 Å². The van der Waals surface area contributed by atoms with Gasteiger partial charge < -0.3 is 20.5 Å². The van der Waals surface area contributed by atoms with E-state index in [9.17, 15) is 4.79 Å². The second-order valence-electron chi connectivity index (χ2n) is 5.32. The molecule has 0 aliphatic rings. The van der Waals surface area contributed by atoms with Crippen molar-refractivity contribution >= 4 is 5.91 Å². The molecule has 1 rings (SSSR count). The zero-order chi connectivity index (χ0) is 15.8. The number of ether oxygens (including phenoxy) is 2. The van der Waals surface area contributed by atoms with E-state index in [0.717, 1.165) is 17.7 Å². The van der Waals surface area contributed by atoms with Crippen LogP contribution in [0, 0.1) is 0 Å². The maximum absolute atomic E-state index is 11.2. The van der Waals surface area contributed by atoms with E-state index >= 15 is 0 Å². The third-order valence-electron chi connectivity index (χ3n) is 2.92. The number of hydrogen-bond acceptors (Lipinski definition) is 4. The molecule has 1 aromatic rings. The van der Waals surface area contributed by atoms with Gasteiger partial charge in [0.15, 0.2) is 6.10 Å². The molecule has 1 atom stereocenters. The lowest BCUT2D eigenvalue weighted by atomic mass is 10.1. The van der Waals surface area contributed by atoms with Crippen LogP contribution in [0.4, 0.5) is 0 Å². The van der Waals surface area contributed by atoms with Gasteiger partial charge >= 0.3 is 0 Å². The third kappa shape index (κ3) is 6.04. The number of nitrogens with one attached hydrogen (secondary N) is 1. The lowest BCUT2D eigenvalue weighted by Crippen LogP contribution is -2.31. The average Bonchev–Trinajstić information content (AvgIpc) is 2.43. The van der Waals surface area contributed by atoms with Crippen LogP contribution in [0.3, 0.4) is 0 Å². The molecule has 3 N–H and O–H groups in total. The zero-order valence-electron chi connectivity index (χ0n) is 13.3. The van der Waals surface area contributed by atoms with E-state index in [1.165, 1.54) is 0 Å². The van der Waals surface area contributed by atoms with Crippen LogP contribution in [0.25, 0.3) is 0 Å². The SMILES string of the molecule is CCCOc1ccc(CNC(C)C)c(OC(C)C(N)=O)c1. The van der Waals surface area contributed by atoms with Crippen LogP contribution in [0.2, 0.25) is 0 Å². The van der Waals surface area contributed by atoms with Gasteiger partial charge in [0, 0.05) is 24.2 Å². The summed E-state index contributed by atoms with van der Waals surface area (Å²) in [5.74, 6) is 0.873. The van der Waals surface area contributed by atoms with Crippen molar-refractivity contribution in [2.75, 3.05) is 6.61 Å². The van der Waals surface area contributed by atoms with Crippen molar-refractivity contribution in [2.24, 2.45) is 5.73 Å². The molecule has 0 spiro atoms. The van der Waals surface area contributed by atoms with Gasteiger partial charge in [-0.2, -0.15) is 0 Å². The zero-order valence-corrected chi connectivity index (χ0v) is 13.3. The largest absolute Gasteiger partial charge is 0.493 e. The van der Waals surface area contributed by atoms with E-state index in [2.05, 4.69) is 19.2 Å². The second kappa shape index (κ2) is 8.52. The summed E-state index contributed by atoms with van der Waals surface area (Å²) in [5.41, 5.74) is 6.24. The fraction of sp³-hybridized carbons (Fsp3) is 0.562. The summed E-state index contributed by atoms with van der Waals surface area (Å²) in [6.07, 6.45) is 0.258. The summed E-state index contributed by atoms with van der Waals surface area (Å²) >= 11 is 0. The topological polar surface area (TPSA) is 73.6 Å². The van der Waals surface area contributed by atoms with Crippen molar-refractivity contribution in [1.82, 2.24) is 5.32 Å². The summed E-state index contributed by atoms with van der Waals surface area (Å²) < 4.78 is 11.3. The Morgan fingerprint density at radius 1 is 1.33 bits per heavy atom. The Labute approximate surface area is 126 Å². The van der Waals surface area contributed by atoms with Crippen LogP contribution < -0.4 is 20.5 Å². The highest BCUT2D eigenvalue weighted by Gasteiger charge is 2.14. The smallest absolute Gasteiger partial charge is 0.258 e. The van der Waals surface area contributed by atoms with Crippen LogP contribution in [0.15, 0.2) is 18.2 Å². The van der Waals surface area contributed by atoms with Gasteiger partial charge in [0.2, 0.25) is 0 Å². The van der Waals surface area contributed by atoms with Gasteiger partial charge in [0.1, 0.15) is 11.5 Å². The Morgan fingerprint density at radius 2 is 2.05 bits per heavy atom. The number of rotatable bonds is 9. The van der Waals surface area contributed by atoms with Gasteiger partial charge in [-0.05, 0) is 19.4 Å². The van der Waals surface area contributed by atoms with Crippen LogP contribution in [0.5, 0.6) is 11.5 Å². The maximum atomic E-state index is 11.2. The molecule has 0 saturated carbocycles. The standard InChI is InChI=1S/C16H26N2O3/c1-5-8-20-14-7-6-13(10-18-11(2)3)15(9-14)21-12(4)16(17)19/h6-7,9,11-12,18H,5,8,10H2,1-4H3,(H2,17,19). The molecule has 5 nitrogen and oxygen atoms in total. The molecule has 1 amide bonds. The predicted molar refractivity (Wildman–Crippen MR) is 83.5 cm³/mol. The van der Waals surface area contributed by atoms with Gasteiger partial charge in [-0.3, -0.25) is 4.79 Å². The number of benzene rings is 1. The lowest BCUT2D eigenvalue weighted by Gasteiger charge is -2.18. The average molecular weight is 294 g/mol. The summed E-state index contributed by atoms with van der Waals surface area (Å²) in [6, 6.07) is 6.03. The van der Waals surface area contributed by atoms with Crippen molar-refractivity contribution in [3.05, 3.63) is 23.8 Å². The van der Waals surface area contributed by atoms with E-state index < -0.39 is 12.0 Å². The minimum Gasteiger partial charge on any atom is -0.493 e. The fourth-order valence-electron chi connectivity index (χ4n) is 1.66. The number of carbonyl (C=O) groups is 1. The molecular formula is C16H26N2O3. The molecule has 0 radical (unpaired) electrons. The normalized spacial score (nSPS) is 12.2. The molecule has 1 unspecified atom stereocenters. The molecule has 0 aromatic heterocycles. The van der Waals surface area contributed by atoms with E-state index in [-0.39, 0.29) is 0 Å². The molecule has 0 heterocycles. The van der Waals surface area contributed by atoms with Gasteiger partial charge in [0.25, 0.3) is 5.91 Å². The van der Waals surface area contributed by atoms with Crippen molar-refractivity contribution in [1.29, 1.82) is 0 Å². The van der Waals surface area contributed by atoms with E-state index in [1.807, 2.05) is 25.1 Å². The molecule has 5 heteroatoms. The summed E-state index contributed by atoms with van der Waals surface area (Å²) in [7, 11) is 0. The van der Waals surface area contributed by atoms with Crippen LogP contribution in [-0.4, -0.2) is 24.7 Å². The second-order valence-corrected chi connectivity index (χ2v) is 5.32. The molecular weight excluding hydrogens is 268 g/mol. The van der Waals surface area contributed by atoms with E-state index in [1.54, 1.807) is 6.92 Å². The number of primary amides is 1. The summed E-state index contributed by atoms with van der Waals surface area (Å²) in [6.45, 7) is 9.15. The lowest BCUT2D eigenvalue weighted by molar-refractivity contribution is -0.124.